The fourth-order valence-electron chi connectivity index (χ4n) is 2.24. The second-order valence-corrected chi connectivity index (χ2v) is 5.35. The Morgan fingerprint density at radius 3 is 2.43 bits per heavy atom. The van der Waals surface area contributed by atoms with Gasteiger partial charge >= 0.3 is 0 Å². The van der Waals surface area contributed by atoms with Gasteiger partial charge in [-0.25, -0.2) is 8.78 Å². The van der Waals surface area contributed by atoms with Crippen molar-refractivity contribution in [1.29, 1.82) is 5.26 Å². The van der Waals surface area contributed by atoms with Gasteiger partial charge in [0.05, 0.1) is 12.7 Å². The summed E-state index contributed by atoms with van der Waals surface area (Å²) >= 11 is 0. The van der Waals surface area contributed by atoms with Crippen LogP contribution in [0.2, 0.25) is 0 Å². The van der Waals surface area contributed by atoms with E-state index in [2.05, 4.69) is 11.4 Å². The lowest BCUT2D eigenvalue weighted by molar-refractivity contribution is 0.251. The Labute approximate surface area is 124 Å². The van der Waals surface area contributed by atoms with Gasteiger partial charge in [-0.1, -0.05) is 13.0 Å². The smallest absolute Gasteiger partial charge is 0.190 e. The lowest BCUT2D eigenvalue weighted by atomic mass is 9.91. The first-order valence-corrected chi connectivity index (χ1v) is 7.20. The van der Waals surface area contributed by atoms with Crippen LogP contribution in [0.25, 0.3) is 0 Å². The van der Waals surface area contributed by atoms with Crippen molar-refractivity contribution in [1.82, 2.24) is 5.32 Å². The number of hydrogen-bond acceptors (Lipinski definition) is 3. The van der Waals surface area contributed by atoms with Gasteiger partial charge in [-0.15, -0.1) is 0 Å². The molecular weight excluding hydrogens is 274 g/mol. The summed E-state index contributed by atoms with van der Waals surface area (Å²) in [6.07, 6.45) is 1.76. The standard InChI is InChI=1S/C16H22F2N2O/c1-4-16(11-19,20-12(2)3)9-6-10-21-15-13(17)7-5-8-14(15)18/h5,7-8,12,20H,4,6,9-10H2,1-3H3. The molecule has 1 aromatic rings. The molecule has 0 heterocycles. The zero-order chi connectivity index (χ0) is 15.9. The SMILES string of the molecule is CCC(C#N)(CCCOc1c(F)cccc1F)NC(C)C. The van der Waals surface area contributed by atoms with Crippen molar-refractivity contribution in [3.05, 3.63) is 29.8 Å². The molecule has 0 aliphatic rings. The van der Waals surface area contributed by atoms with Crippen LogP contribution in [0.1, 0.15) is 40.0 Å². The minimum atomic E-state index is -0.711. The van der Waals surface area contributed by atoms with E-state index in [1.807, 2.05) is 20.8 Å². The maximum absolute atomic E-state index is 13.4. The van der Waals surface area contributed by atoms with Crippen molar-refractivity contribution < 1.29 is 13.5 Å². The molecular formula is C16H22F2N2O. The second kappa shape index (κ2) is 7.94. The number of halogens is 2. The number of ether oxygens (including phenoxy) is 1. The Hall–Kier alpha value is -1.67. The topological polar surface area (TPSA) is 45.0 Å². The number of rotatable bonds is 8. The van der Waals surface area contributed by atoms with E-state index in [4.69, 9.17) is 4.74 Å². The van der Waals surface area contributed by atoms with Gasteiger partial charge in [-0.2, -0.15) is 5.26 Å². The van der Waals surface area contributed by atoms with Crippen LogP contribution < -0.4 is 10.1 Å². The third kappa shape index (κ3) is 4.98. The van der Waals surface area contributed by atoms with Crippen LogP contribution in [0, 0.1) is 23.0 Å². The number of nitrogens with one attached hydrogen (secondary N) is 1. The molecule has 1 aromatic carbocycles. The van der Waals surface area contributed by atoms with Gasteiger partial charge in [0.1, 0.15) is 5.54 Å². The summed E-state index contributed by atoms with van der Waals surface area (Å²) in [6, 6.07) is 6.10. The second-order valence-electron chi connectivity index (χ2n) is 5.35. The lowest BCUT2D eigenvalue weighted by Crippen LogP contribution is -2.47. The van der Waals surface area contributed by atoms with Crippen molar-refractivity contribution >= 4 is 0 Å². The Balaban J connectivity index is 2.54. The van der Waals surface area contributed by atoms with E-state index in [0.29, 0.717) is 19.3 Å². The van der Waals surface area contributed by atoms with Crippen molar-refractivity contribution in [3.8, 4) is 11.8 Å². The third-order valence-electron chi connectivity index (χ3n) is 3.30. The normalized spacial score (nSPS) is 13.8. The molecule has 1 rings (SSSR count). The molecule has 0 spiro atoms. The molecule has 0 bridgehead atoms. The first-order valence-electron chi connectivity index (χ1n) is 7.20. The van der Waals surface area contributed by atoms with Gasteiger partial charge in [-0.05, 0) is 45.2 Å². The van der Waals surface area contributed by atoms with E-state index in [1.54, 1.807) is 0 Å². The van der Waals surface area contributed by atoms with Crippen LogP contribution in [0.15, 0.2) is 18.2 Å². The number of nitrogens with zero attached hydrogens (tertiary/aromatic N) is 1. The predicted octanol–water partition coefficient (Wildman–Crippen LogP) is 3.79. The van der Waals surface area contributed by atoms with Crippen molar-refractivity contribution in [2.75, 3.05) is 6.61 Å². The van der Waals surface area contributed by atoms with Gasteiger partial charge in [0.2, 0.25) is 0 Å². The highest BCUT2D eigenvalue weighted by molar-refractivity contribution is 5.25. The molecule has 1 N–H and O–H groups in total. The largest absolute Gasteiger partial charge is 0.488 e. The average molecular weight is 296 g/mol. The quantitative estimate of drug-likeness (QED) is 0.742. The summed E-state index contributed by atoms with van der Waals surface area (Å²) in [5, 5.41) is 12.6. The molecule has 0 aromatic heterocycles. The van der Waals surface area contributed by atoms with Crippen molar-refractivity contribution in [2.24, 2.45) is 0 Å². The summed E-state index contributed by atoms with van der Waals surface area (Å²) in [4.78, 5) is 0. The van der Waals surface area contributed by atoms with Crippen LogP contribution in [0.4, 0.5) is 8.78 Å². The molecule has 0 aliphatic heterocycles. The predicted molar refractivity (Wildman–Crippen MR) is 78.0 cm³/mol. The minimum Gasteiger partial charge on any atom is -0.488 e. The Morgan fingerprint density at radius 2 is 1.95 bits per heavy atom. The van der Waals surface area contributed by atoms with Crippen molar-refractivity contribution in [3.63, 3.8) is 0 Å². The summed E-state index contributed by atoms with van der Waals surface area (Å²) < 4.78 is 31.9. The first-order chi connectivity index (χ1) is 9.94. The van der Waals surface area contributed by atoms with E-state index < -0.39 is 17.2 Å². The Kier molecular flexibility index (Phi) is 6.57. The van der Waals surface area contributed by atoms with Crippen LogP contribution in [0.5, 0.6) is 5.75 Å². The van der Waals surface area contributed by atoms with E-state index in [9.17, 15) is 14.0 Å². The van der Waals surface area contributed by atoms with Gasteiger partial charge in [0.15, 0.2) is 17.4 Å². The zero-order valence-corrected chi connectivity index (χ0v) is 12.7. The third-order valence-corrected chi connectivity index (χ3v) is 3.30. The summed E-state index contributed by atoms with van der Waals surface area (Å²) in [7, 11) is 0. The highest BCUT2D eigenvalue weighted by Crippen LogP contribution is 2.22. The number of nitriles is 1. The van der Waals surface area contributed by atoms with Gasteiger partial charge in [0.25, 0.3) is 0 Å². The highest BCUT2D eigenvalue weighted by Gasteiger charge is 2.27. The molecule has 5 heteroatoms. The molecule has 0 fully saturated rings. The maximum atomic E-state index is 13.4. The molecule has 3 nitrogen and oxygen atoms in total. The van der Waals surface area contributed by atoms with E-state index >= 15 is 0 Å². The molecule has 1 unspecified atom stereocenters. The van der Waals surface area contributed by atoms with Gasteiger partial charge in [0, 0.05) is 6.04 Å². The van der Waals surface area contributed by atoms with Crippen LogP contribution >= 0.6 is 0 Å². The molecule has 116 valence electrons. The Bertz CT molecular complexity index is 479. The lowest BCUT2D eigenvalue weighted by Gasteiger charge is -2.29. The van der Waals surface area contributed by atoms with Crippen LogP contribution in [-0.2, 0) is 0 Å². The van der Waals surface area contributed by atoms with Gasteiger partial charge in [-0.3, -0.25) is 5.32 Å². The van der Waals surface area contributed by atoms with E-state index in [-0.39, 0.29) is 18.4 Å². The fourth-order valence-corrected chi connectivity index (χ4v) is 2.24. The number of para-hydroxylation sites is 1. The van der Waals surface area contributed by atoms with Crippen LogP contribution in [-0.4, -0.2) is 18.2 Å². The monoisotopic (exact) mass is 296 g/mol. The molecule has 0 saturated carbocycles. The van der Waals surface area contributed by atoms with Crippen LogP contribution in [0.3, 0.4) is 0 Å². The average Bonchev–Trinajstić information content (AvgIpc) is 2.44. The van der Waals surface area contributed by atoms with Crippen molar-refractivity contribution in [2.45, 2.75) is 51.6 Å². The number of benzene rings is 1. The molecule has 0 radical (unpaired) electrons. The fraction of sp³-hybridized carbons (Fsp3) is 0.562. The molecule has 21 heavy (non-hydrogen) atoms. The van der Waals surface area contributed by atoms with Gasteiger partial charge < -0.3 is 4.74 Å². The maximum Gasteiger partial charge on any atom is 0.190 e. The summed E-state index contributed by atoms with van der Waals surface area (Å²) in [6.45, 7) is 6.07. The number of hydrogen-bond donors (Lipinski definition) is 1. The molecule has 0 amide bonds. The summed E-state index contributed by atoms with van der Waals surface area (Å²) in [5.74, 6) is -1.77. The minimum absolute atomic E-state index is 0.168. The zero-order valence-electron chi connectivity index (χ0n) is 12.7. The summed E-state index contributed by atoms with van der Waals surface area (Å²) in [5.41, 5.74) is -0.620. The molecule has 0 saturated heterocycles. The van der Waals surface area contributed by atoms with E-state index in [0.717, 1.165) is 12.1 Å². The van der Waals surface area contributed by atoms with E-state index in [1.165, 1.54) is 6.07 Å². The molecule has 1 atom stereocenters. The first kappa shape index (κ1) is 17.4. The molecule has 0 aliphatic carbocycles. The Morgan fingerprint density at radius 1 is 1.33 bits per heavy atom. The highest BCUT2D eigenvalue weighted by atomic mass is 19.1.